The molecule has 1 aliphatic heterocycles. The summed E-state index contributed by atoms with van der Waals surface area (Å²) < 4.78 is 5.19. The number of amidine groups is 1. The number of amides is 1. The molecule has 0 spiro atoms. The average molecular weight is 354 g/mol. The first-order valence-electron chi connectivity index (χ1n) is 8.65. The number of hydrogen-bond acceptors (Lipinski definition) is 3. The summed E-state index contributed by atoms with van der Waals surface area (Å²) >= 11 is 0. The van der Waals surface area contributed by atoms with Crippen LogP contribution in [0.2, 0.25) is 0 Å². The Balaban J connectivity index is 1.78. The number of rotatable bonds is 4. The number of aliphatic imine (C=N–C) groups is 1. The zero-order chi connectivity index (χ0) is 18.6. The van der Waals surface area contributed by atoms with E-state index in [4.69, 9.17) is 4.74 Å². The van der Waals surface area contributed by atoms with Gasteiger partial charge >= 0.3 is 0 Å². The third-order valence-electron chi connectivity index (χ3n) is 4.33. The third-order valence-corrected chi connectivity index (χ3v) is 4.33. The Morgan fingerprint density at radius 1 is 0.852 bits per heavy atom. The fourth-order valence-electron chi connectivity index (χ4n) is 2.97. The summed E-state index contributed by atoms with van der Waals surface area (Å²) in [5, 5.41) is 0. The van der Waals surface area contributed by atoms with Crippen LogP contribution >= 0.6 is 0 Å². The minimum atomic E-state index is -0.143. The first-order valence-corrected chi connectivity index (χ1v) is 8.65. The monoisotopic (exact) mass is 354 g/mol. The lowest BCUT2D eigenvalue weighted by molar-refractivity contribution is -0.113. The number of carbonyl (C=O) groups excluding carboxylic acids is 1. The summed E-state index contributed by atoms with van der Waals surface area (Å²) in [7, 11) is 1.63. The Morgan fingerprint density at radius 3 is 2.11 bits per heavy atom. The second kappa shape index (κ2) is 7.30. The van der Waals surface area contributed by atoms with E-state index in [9.17, 15) is 4.79 Å². The maximum Gasteiger partial charge on any atom is 0.282 e. The highest BCUT2D eigenvalue weighted by molar-refractivity contribution is 6.33. The van der Waals surface area contributed by atoms with E-state index < -0.39 is 0 Å². The van der Waals surface area contributed by atoms with Crippen LogP contribution in [0.5, 0.6) is 5.75 Å². The van der Waals surface area contributed by atoms with Gasteiger partial charge in [-0.1, -0.05) is 60.7 Å². The summed E-state index contributed by atoms with van der Waals surface area (Å²) in [5.41, 5.74) is 2.99. The zero-order valence-electron chi connectivity index (χ0n) is 14.9. The fourth-order valence-corrected chi connectivity index (χ4v) is 2.97. The topological polar surface area (TPSA) is 41.9 Å². The molecule has 0 N–H and O–H groups in total. The molecule has 1 amide bonds. The van der Waals surface area contributed by atoms with Gasteiger partial charge in [-0.15, -0.1) is 0 Å². The van der Waals surface area contributed by atoms with Crippen molar-refractivity contribution in [2.24, 2.45) is 4.99 Å². The highest BCUT2D eigenvalue weighted by Gasteiger charge is 2.32. The molecule has 0 aliphatic carbocycles. The maximum atomic E-state index is 13.1. The Kier molecular flexibility index (Phi) is 4.54. The average Bonchev–Trinajstić information content (AvgIpc) is 3.06. The normalized spacial score (nSPS) is 15.1. The molecule has 0 fully saturated rings. The van der Waals surface area contributed by atoms with Gasteiger partial charge < -0.3 is 4.74 Å². The van der Waals surface area contributed by atoms with E-state index in [1.807, 2.05) is 84.9 Å². The molecule has 27 heavy (non-hydrogen) atoms. The van der Waals surface area contributed by atoms with Gasteiger partial charge in [0.15, 0.2) is 0 Å². The lowest BCUT2D eigenvalue weighted by atomic mass is 10.1. The standard InChI is InChI=1S/C23H18N2O2/c1-27-20-14-12-17(13-15-20)16-21-23(26)25(19-10-6-3-7-11-19)22(24-21)18-8-4-2-5-9-18/h2-16H,1H3. The van der Waals surface area contributed by atoms with E-state index in [0.717, 1.165) is 22.6 Å². The first kappa shape index (κ1) is 16.8. The molecule has 0 unspecified atom stereocenters. The minimum absolute atomic E-state index is 0.143. The molecule has 0 radical (unpaired) electrons. The van der Waals surface area contributed by atoms with Gasteiger partial charge in [-0.3, -0.25) is 9.69 Å². The van der Waals surface area contributed by atoms with E-state index in [2.05, 4.69) is 4.99 Å². The predicted octanol–water partition coefficient (Wildman–Crippen LogP) is 4.53. The number of methoxy groups -OCH3 is 1. The Bertz CT molecular complexity index is 1010. The third kappa shape index (κ3) is 3.37. The second-order valence-corrected chi connectivity index (χ2v) is 6.08. The number of carbonyl (C=O) groups is 1. The summed E-state index contributed by atoms with van der Waals surface area (Å²) in [6, 6.07) is 26.9. The van der Waals surface area contributed by atoms with Gasteiger partial charge in [-0.2, -0.15) is 0 Å². The molecule has 132 valence electrons. The molecule has 0 aromatic heterocycles. The Morgan fingerprint density at radius 2 is 1.48 bits per heavy atom. The van der Waals surface area contributed by atoms with Crippen LogP contribution < -0.4 is 9.64 Å². The van der Waals surface area contributed by atoms with Gasteiger partial charge in [0.25, 0.3) is 5.91 Å². The van der Waals surface area contributed by atoms with Crippen LogP contribution in [0.4, 0.5) is 5.69 Å². The van der Waals surface area contributed by atoms with Gasteiger partial charge in [0.2, 0.25) is 0 Å². The molecular formula is C23H18N2O2. The van der Waals surface area contributed by atoms with Crippen LogP contribution in [0.25, 0.3) is 6.08 Å². The van der Waals surface area contributed by atoms with Gasteiger partial charge in [-0.25, -0.2) is 4.99 Å². The summed E-state index contributed by atoms with van der Waals surface area (Å²) in [5.74, 6) is 1.26. The smallest absolute Gasteiger partial charge is 0.282 e. The molecule has 4 heteroatoms. The van der Waals surface area contributed by atoms with Gasteiger partial charge in [0, 0.05) is 5.56 Å². The van der Waals surface area contributed by atoms with Gasteiger partial charge in [0.1, 0.15) is 17.3 Å². The first-order chi connectivity index (χ1) is 13.3. The summed E-state index contributed by atoms with van der Waals surface area (Å²) in [6.45, 7) is 0. The summed E-state index contributed by atoms with van der Waals surface area (Å²) in [4.78, 5) is 19.5. The van der Waals surface area contributed by atoms with Gasteiger partial charge in [-0.05, 0) is 35.9 Å². The molecule has 1 heterocycles. The number of anilines is 1. The lowest BCUT2D eigenvalue weighted by Gasteiger charge is -2.18. The zero-order valence-corrected chi connectivity index (χ0v) is 14.9. The van der Waals surface area contributed by atoms with Crippen LogP contribution in [-0.4, -0.2) is 18.9 Å². The molecule has 0 atom stereocenters. The van der Waals surface area contributed by atoms with Crippen LogP contribution in [0.15, 0.2) is 95.6 Å². The molecule has 0 saturated carbocycles. The van der Waals surface area contributed by atoms with Crippen LogP contribution in [0.1, 0.15) is 11.1 Å². The van der Waals surface area contributed by atoms with Crippen molar-refractivity contribution in [2.75, 3.05) is 12.0 Å². The van der Waals surface area contributed by atoms with E-state index in [-0.39, 0.29) is 5.91 Å². The molecule has 3 aromatic rings. The van der Waals surface area contributed by atoms with E-state index in [0.29, 0.717) is 11.5 Å². The van der Waals surface area contributed by atoms with Gasteiger partial charge in [0.05, 0.1) is 12.8 Å². The highest BCUT2D eigenvalue weighted by Crippen LogP contribution is 2.27. The van der Waals surface area contributed by atoms with Crippen molar-refractivity contribution in [3.63, 3.8) is 0 Å². The van der Waals surface area contributed by atoms with Crippen molar-refractivity contribution in [3.05, 3.63) is 102 Å². The van der Waals surface area contributed by atoms with E-state index in [1.54, 1.807) is 18.1 Å². The molecule has 4 rings (SSSR count). The second-order valence-electron chi connectivity index (χ2n) is 6.08. The SMILES string of the molecule is COc1ccc(C=C2N=C(c3ccccc3)N(c3ccccc3)C2=O)cc1. The van der Waals surface area contributed by atoms with Crippen molar-refractivity contribution < 1.29 is 9.53 Å². The van der Waals surface area contributed by atoms with E-state index >= 15 is 0 Å². The Hall–Kier alpha value is -3.66. The molecular weight excluding hydrogens is 336 g/mol. The van der Waals surface area contributed by atoms with E-state index in [1.165, 1.54) is 0 Å². The predicted molar refractivity (Wildman–Crippen MR) is 108 cm³/mol. The number of benzene rings is 3. The number of hydrogen-bond donors (Lipinski definition) is 0. The van der Waals surface area contributed by atoms with Crippen LogP contribution in [0, 0.1) is 0 Å². The number of para-hydroxylation sites is 1. The number of ether oxygens (including phenoxy) is 1. The maximum absolute atomic E-state index is 13.1. The quantitative estimate of drug-likeness (QED) is 0.646. The molecule has 4 nitrogen and oxygen atoms in total. The highest BCUT2D eigenvalue weighted by atomic mass is 16.5. The Labute approximate surface area is 158 Å². The van der Waals surface area contributed by atoms with Crippen molar-refractivity contribution in [3.8, 4) is 5.75 Å². The van der Waals surface area contributed by atoms with Crippen molar-refractivity contribution in [2.45, 2.75) is 0 Å². The summed E-state index contributed by atoms with van der Waals surface area (Å²) in [6.07, 6.45) is 1.80. The fraction of sp³-hybridized carbons (Fsp3) is 0.0435. The number of nitrogens with zero attached hydrogens (tertiary/aromatic N) is 2. The molecule has 1 aliphatic rings. The van der Waals surface area contributed by atoms with Crippen LogP contribution in [0.3, 0.4) is 0 Å². The van der Waals surface area contributed by atoms with Crippen molar-refractivity contribution in [1.82, 2.24) is 0 Å². The molecule has 0 saturated heterocycles. The van der Waals surface area contributed by atoms with Crippen molar-refractivity contribution in [1.29, 1.82) is 0 Å². The van der Waals surface area contributed by atoms with Crippen LogP contribution in [-0.2, 0) is 4.79 Å². The lowest BCUT2D eigenvalue weighted by Crippen LogP contribution is -2.32. The van der Waals surface area contributed by atoms with Crippen molar-refractivity contribution >= 4 is 23.5 Å². The molecule has 0 bridgehead atoms. The molecule has 3 aromatic carbocycles. The minimum Gasteiger partial charge on any atom is -0.497 e. The largest absolute Gasteiger partial charge is 0.497 e.